The van der Waals surface area contributed by atoms with Gasteiger partial charge in [-0.2, -0.15) is 0 Å². The minimum absolute atomic E-state index is 0.719. The molecule has 4 heterocycles. The maximum Gasteiger partial charge on any atom is 0.180 e. The first kappa shape index (κ1) is 18.8. The Morgan fingerprint density at radius 2 is 1.84 bits per heavy atom. The second kappa shape index (κ2) is 7.65. The Hall–Kier alpha value is -3.91. The summed E-state index contributed by atoms with van der Waals surface area (Å²) in [6.45, 7) is 3.40. The molecule has 1 N–H and O–H groups in total. The number of anilines is 3. The summed E-state index contributed by atoms with van der Waals surface area (Å²) in [5.74, 6) is 0.719. The van der Waals surface area contributed by atoms with Crippen LogP contribution in [0.2, 0.25) is 0 Å². The molecule has 2 aromatic carbocycles. The molecule has 0 radical (unpaired) electrons. The van der Waals surface area contributed by atoms with Crippen molar-refractivity contribution in [3.63, 3.8) is 0 Å². The molecular formula is C24H23N7O. The number of fused-ring (bicyclic) bond motifs is 2. The average molecular weight is 425 g/mol. The van der Waals surface area contributed by atoms with E-state index in [2.05, 4.69) is 56.6 Å². The van der Waals surface area contributed by atoms with Crippen molar-refractivity contribution >= 4 is 33.9 Å². The molecule has 1 fully saturated rings. The SMILES string of the molecule is Cn1cnc2ccc(-c3cn4ccnc4c(Nc4ccc(N5CCOCC5)cc4)n3)cc21. The van der Waals surface area contributed by atoms with Crippen molar-refractivity contribution in [2.75, 3.05) is 36.5 Å². The standard InChI is InChI=1S/C24H23N7O/c1-29-16-26-20-7-2-17(14-22(20)29)21-15-31-9-8-25-24(31)23(28-21)27-18-3-5-19(6-4-18)30-10-12-32-13-11-30/h2-9,14-16H,10-13H2,1H3,(H,27,28). The molecule has 1 saturated heterocycles. The molecule has 8 nitrogen and oxygen atoms in total. The van der Waals surface area contributed by atoms with Gasteiger partial charge in [0.15, 0.2) is 11.5 Å². The van der Waals surface area contributed by atoms with Gasteiger partial charge in [0.25, 0.3) is 0 Å². The normalized spacial score (nSPS) is 14.3. The lowest BCUT2D eigenvalue weighted by Crippen LogP contribution is -2.36. The molecule has 0 amide bonds. The van der Waals surface area contributed by atoms with Crippen LogP contribution in [-0.4, -0.2) is 50.2 Å². The summed E-state index contributed by atoms with van der Waals surface area (Å²) in [5.41, 5.74) is 6.90. The van der Waals surface area contributed by atoms with Crippen LogP contribution in [0.25, 0.3) is 27.9 Å². The van der Waals surface area contributed by atoms with Crippen molar-refractivity contribution in [3.8, 4) is 11.3 Å². The molecule has 1 aliphatic heterocycles. The fourth-order valence-corrected chi connectivity index (χ4v) is 4.15. The molecule has 0 aliphatic carbocycles. The number of hydrogen-bond acceptors (Lipinski definition) is 6. The average Bonchev–Trinajstić information content (AvgIpc) is 3.47. The van der Waals surface area contributed by atoms with Gasteiger partial charge in [-0.25, -0.2) is 15.0 Å². The van der Waals surface area contributed by atoms with Crippen LogP contribution in [0.5, 0.6) is 0 Å². The van der Waals surface area contributed by atoms with E-state index in [1.165, 1.54) is 5.69 Å². The summed E-state index contributed by atoms with van der Waals surface area (Å²) in [6, 6.07) is 14.6. The number of nitrogens with one attached hydrogen (secondary N) is 1. The Balaban J connectivity index is 1.34. The van der Waals surface area contributed by atoms with Crippen molar-refractivity contribution < 1.29 is 4.74 Å². The molecule has 8 heteroatoms. The van der Waals surface area contributed by atoms with E-state index in [0.717, 1.165) is 65.7 Å². The molecular weight excluding hydrogens is 402 g/mol. The molecule has 0 spiro atoms. The Morgan fingerprint density at radius 1 is 1.00 bits per heavy atom. The molecule has 0 saturated carbocycles. The zero-order valence-electron chi connectivity index (χ0n) is 17.8. The second-order valence-corrected chi connectivity index (χ2v) is 7.96. The van der Waals surface area contributed by atoms with Gasteiger partial charge in [0.2, 0.25) is 0 Å². The third-order valence-electron chi connectivity index (χ3n) is 5.90. The highest BCUT2D eigenvalue weighted by Crippen LogP contribution is 2.27. The third kappa shape index (κ3) is 3.34. The first-order chi connectivity index (χ1) is 15.7. The maximum absolute atomic E-state index is 5.45. The van der Waals surface area contributed by atoms with Crippen LogP contribution in [0.3, 0.4) is 0 Å². The molecule has 160 valence electrons. The summed E-state index contributed by atoms with van der Waals surface area (Å²) in [7, 11) is 2.00. The molecule has 6 rings (SSSR count). The summed E-state index contributed by atoms with van der Waals surface area (Å²) in [5, 5.41) is 3.46. The number of aromatic nitrogens is 5. The van der Waals surface area contributed by atoms with Crippen LogP contribution in [-0.2, 0) is 11.8 Å². The van der Waals surface area contributed by atoms with E-state index in [4.69, 9.17) is 9.72 Å². The fraction of sp³-hybridized carbons (Fsp3) is 0.208. The smallest absolute Gasteiger partial charge is 0.180 e. The van der Waals surface area contributed by atoms with Gasteiger partial charge in [-0.3, -0.25) is 0 Å². The lowest BCUT2D eigenvalue weighted by Gasteiger charge is -2.28. The summed E-state index contributed by atoms with van der Waals surface area (Å²) in [6.07, 6.45) is 7.56. The lowest BCUT2D eigenvalue weighted by atomic mass is 10.1. The zero-order valence-corrected chi connectivity index (χ0v) is 17.8. The lowest BCUT2D eigenvalue weighted by molar-refractivity contribution is 0.122. The van der Waals surface area contributed by atoms with Crippen molar-refractivity contribution in [1.29, 1.82) is 0 Å². The molecule has 5 aromatic rings. The van der Waals surface area contributed by atoms with Crippen molar-refractivity contribution in [2.24, 2.45) is 7.05 Å². The minimum Gasteiger partial charge on any atom is -0.378 e. The monoisotopic (exact) mass is 425 g/mol. The minimum atomic E-state index is 0.719. The first-order valence-corrected chi connectivity index (χ1v) is 10.7. The summed E-state index contributed by atoms with van der Waals surface area (Å²) >= 11 is 0. The Morgan fingerprint density at radius 3 is 2.69 bits per heavy atom. The number of aryl methyl sites for hydroxylation is 1. The van der Waals surface area contributed by atoms with E-state index < -0.39 is 0 Å². The zero-order chi connectivity index (χ0) is 21.5. The molecule has 32 heavy (non-hydrogen) atoms. The molecule has 1 aliphatic rings. The van der Waals surface area contributed by atoms with E-state index in [0.29, 0.717) is 0 Å². The highest BCUT2D eigenvalue weighted by molar-refractivity contribution is 5.82. The molecule has 0 bridgehead atoms. The third-order valence-corrected chi connectivity index (χ3v) is 5.90. The van der Waals surface area contributed by atoms with Gasteiger partial charge in [0.1, 0.15) is 0 Å². The van der Waals surface area contributed by atoms with Gasteiger partial charge in [0, 0.05) is 55.7 Å². The first-order valence-electron chi connectivity index (χ1n) is 10.7. The van der Waals surface area contributed by atoms with E-state index in [1.807, 2.05) is 40.8 Å². The number of ether oxygens (including phenoxy) is 1. The van der Waals surface area contributed by atoms with Crippen LogP contribution in [0.4, 0.5) is 17.2 Å². The van der Waals surface area contributed by atoms with Crippen LogP contribution >= 0.6 is 0 Å². The van der Waals surface area contributed by atoms with Gasteiger partial charge in [-0.15, -0.1) is 0 Å². The Labute approximate surface area is 185 Å². The maximum atomic E-state index is 5.45. The van der Waals surface area contributed by atoms with Crippen LogP contribution in [0.1, 0.15) is 0 Å². The largest absolute Gasteiger partial charge is 0.378 e. The fourth-order valence-electron chi connectivity index (χ4n) is 4.15. The van der Waals surface area contributed by atoms with E-state index >= 15 is 0 Å². The number of rotatable bonds is 4. The van der Waals surface area contributed by atoms with Crippen LogP contribution in [0, 0.1) is 0 Å². The summed E-state index contributed by atoms with van der Waals surface area (Å²) in [4.78, 5) is 16.2. The summed E-state index contributed by atoms with van der Waals surface area (Å²) < 4.78 is 9.47. The van der Waals surface area contributed by atoms with E-state index in [9.17, 15) is 0 Å². The number of hydrogen-bond donors (Lipinski definition) is 1. The van der Waals surface area contributed by atoms with Crippen molar-refractivity contribution in [1.82, 2.24) is 23.9 Å². The topological polar surface area (TPSA) is 72.5 Å². The van der Waals surface area contributed by atoms with E-state index in [-0.39, 0.29) is 0 Å². The van der Waals surface area contributed by atoms with Gasteiger partial charge in [0.05, 0.1) is 36.3 Å². The highest BCUT2D eigenvalue weighted by atomic mass is 16.5. The Kier molecular flexibility index (Phi) is 4.50. The number of imidazole rings is 2. The number of nitrogens with zero attached hydrogens (tertiary/aromatic N) is 6. The highest BCUT2D eigenvalue weighted by Gasteiger charge is 2.13. The quantitative estimate of drug-likeness (QED) is 0.471. The van der Waals surface area contributed by atoms with Crippen LogP contribution in [0.15, 0.2) is 67.4 Å². The van der Waals surface area contributed by atoms with E-state index in [1.54, 1.807) is 6.20 Å². The van der Waals surface area contributed by atoms with Crippen LogP contribution < -0.4 is 10.2 Å². The predicted molar refractivity (Wildman–Crippen MR) is 125 cm³/mol. The number of morpholine rings is 1. The molecule has 0 unspecified atom stereocenters. The number of benzene rings is 2. The predicted octanol–water partition coefficient (Wildman–Crippen LogP) is 3.86. The molecule has 0 atom stereocenters. The Bertz CT molecular complexity index is 1400. The second-order valence-electron chi connectivity index (χ2n) is 7.96. The van der Waals surface area contributed by atoms with Crippen molar-refractivity contribution in [3.05, 3.63) is 67.4 Å². The van der Waals surface area contributed by atoms with Gasteiger partial charge in [-0.1, -0.05) is 6.07 Å². The van der Waals surface area contributed by atoms with Gasteiger partial charge < -0.3 is 23.9 Å². The van der Waals surface area contributed by atoms with Gasteiger partial charge in [-0.05, 0) is 36.4 Å². The van der Waals surface area contributed by atoms with Crippen molar-refractivity contribution in [2.45, 2.75) is 0 Å². The molecule has 3 aromatic heterocycles. The van der Waals surface area contributed by atoms with Gasteiger partial charge >= 0.3 is 0 Å².